The molecule has 0 spiro atoms. The molecule has 0 fully saturated rings. The van der Waals surface area contributed by atoms with Crippen LogP contribution in [-0.2, 0) is 10.1 Å². The number of anilines is 2. The zero-order chi connectivity index (χ0) is 21.2. The van der Waals surface area contributed by atoms with Gasteiger partial charge in [0.25, 0.3) is 10.1 Å². The Hall–Kier alpha value is -2.92. The summed E-state index contributed by atoms with van der Waals surface area (Å²) >= 11 is 5.39. The topological polar surface area (TPSA) is 181 Å². The minimum atomic E-state index is -4.59. The van der Waals surface area contributed by atoms with Gasteiger partial charge in [-0.25, -0.2) is 9.97 Å². The van der Waals surface area contributed by atoms with Gasteiger partial charge in [-0.05, 0) is 17.5 Å². The lowest BCUT2D eigenvalue weighted by Gasteiger charge is -2.09. The van der Waals surface area contributed by atoms with Crippen molar-refractivity contribution >= 4 is 68.3 Å². The molecule has 10 nitrogen and oxygen atoms in total. The van der Waals surface area contributed by atoms with Crippen molar-refractivity contribution in [2.45, 2.75) is 14.9 Å². The smallest absolute Gasteiger partial charge is 0.296 e. The van der Waals surface area contributed by atoms with Gasteiger partial charge in [-0.1, -0.05) is 30.0 Å². The van der Waals surface area contributed by atoms with E-state index in [0.717, 1.165) is 11.8 Å². The quantitative estimate of drug-likeness (QED) is 0.150. The minimum Gasteiger partial charge on any atom is -0.382 e. The number of rotatable bonds is 5. The summed E-state index contributed by atoms with van der Waals surface area (Å²) < 4.78 is 33.2. The number of benzene rings is 2. The zero-order valence-electron chi connectivity index (χ0n) is 14.5. The molecule has 0 amide bonds. The molecule has 3 rings (SSSR count). The van der Waals surface area contributed by atoms with E-state index in [2.05, 4.69) is 32.8 Å². The molecule has 29 heavy (non-hydrogen) atoms. The van der Waals surface area contributed by atoms with E-state index < -0.39 is 15.0 Å². The number of nitrogens with zero attached hydrogens (tertiary/aromatic N) is 5. The first-order chi connectivity index (χ1) is 13.7. The van der Waals surface area contributed by atoms with Crippen LogP contribution in [0, 0.1) is 11.3 Å². The molecule has 0 atom stereocenters. The molecule has 1 aromatic heterocycles. The Labute approximate surface area is 175 Å². The van der Waals surface area contributed by atoms with Crippen molar-refractivity contribution in [3.63, 3.8) is 0 Å². The van der Waals surface area contributed by atoms with Crippen molar-refractivity contribution in [1.29, 1.82) is 5.26 Å². The van der Waals surface area contributed by atoms with E-state index in [4.69, 9.17) is 16.7 Å². The summed E-state index contributed by atoms with van der Waals surface area (Å²) in [5.41, 5.74) is 11.5. The van der Waals surface area contributed by atoms with Crippen molar-refractivity contribution in [3.8, 4) is 6.07 Å². The van der Waals surface area contributed by atoms with E-state index in [9.17, 15) is 13.0 Å². The first-order valence-corrected chi connectivity index (χ1v) is 10.7. The Kier molecular flexibility index (Phi) is 5.89. The number of thiol groups is 1. The molecule has 13 heteroatoms. The summed E-state index contributed by atoms with van der Waals surface area (Å²) in [6, 6.07) is 9.64. The van der Waals surface area contributed by atoms with Crippen LogP contribution >= 0.6 is 24.4 Å². The number of hydrogen-bond acceptors (Lipinski definition) is 11. The van der Waals surface area contributed by atoms with Gasteiger partial charge in [0, 0.05) is 10.3 Å². The van der Waals surface area contributed by atoms with Crippen molar-refractivity contribution in [2.24, 2.45) is 10.2 Å². The lowest BCUT2D eigenvalue weighted by atomic mass is 10.1. The van der Waals surface area contributed by atoms with Crippen molar-refractivity contribution in [3.05, 3.63) is 30.3 Å². The Morgan fingerprint density at radius 3 is 2.38 bits per heavy atom. The highest BCUT2D eigenvalue weighted by Gasteiger charge is 2.19. The minimum absolute atomic E-state index is 0.0633. The van der Waals surface area contributed by atoms with Crippen molar-refractivity contribution in [2.75, 3.05) is 17.2 Å². The van der Waals surface area contributed by atoms with Crippen LogP contribution in [0.25, 0.3) is 10.8 Å². The monoisotopic (exact) mass is 447 g/mol. The fourth-order valence-electron chi connectivity index (χ4n) is 2.45. The molecule has 0 aliphatic carbocycles. The van der Waals surface area contributed by atoms with Crippen LogP contribution in [0.15, 0.2) is 55.5 Å². The summed E-state index contributed by atoms with van der Waals surface area (Å²) in [5.74, 6) is -0.0741. The van der Waals surface area contributed by atoms with Gasteiger partial charge in [0.05, 0.1) is 11.8 Å². The molecule has 0 unspecified atom stereocenters. The number of fused-ring (bicyclic) bond motifs is 1. The number of aromatic nitrogens is 2. The summed E-state index contributed by atoms with van der Waals surface area (Å²) in [7, 11) is -4.59. The van der Waals surface area contributed by atoms with Gasteiger partial charge >= 0.3 is 0 Å². The zero-order valence-corrected chi connectivity index (χ0v) is 17.0. The molecule has 0 radical (unpaired) electrons. The molecule has 0 aliphatic heterocycles. The van der Waals surface area contributed by atoms with Crippen LogP contribution in [0.5, 0.6) is 0 Å². The Bertz CT molecular complexity index is 1260. The lowest BCUT2D eigenvalue weighted by Crippen LogP contribution is -2.01. The van der Waals surface area contributed by atoms with Crippen LogP contribution in [0.1, 0.15) is 0 Å². The summed E-state index contributed by atoms with van der Waals surface area (Å²) in [6.45, 7) is 0. The number of azo groups is 1. The maximum Gasteiger partial charge on any atom is 0.296 e. The molecule has 0 bridgehead atoms. The second-order valence-electron chi connectivity index (χ2n) is 5.53. The van der Waals surface area contributed by atoms with Gasteiger partial charge in [-0.15, -0.1) is 22.9 Å². The second-order valence-corrected chi connectivity index (χ2v) is 8.35. The number of thioether (sulfide) groups is 1. The number of nitriles is 1. The fourth-order valence-corrected chi connectivity index (χ4v) is 3.88. The van der Waals surface area contributed by atoms with E-state index in [1.165, 1.54) is 12.1 Å². The van der Waals surface area contributed by atoms with E-state index in [-0.39, 0.29) is 33.9 Å². The molecule has 1 heterocycles. The molecule has 148 valence electrons. The Morgan fingerprint density at radius 2 is 1.76 bits per heavy atom. The van der Waals surface area contributed by atoms with Crippen LogP contribution in [0.4, 0.5) is 23.0 Å². The highest BCUT2D eigenvalue weighted by Crippen LogP contribution is 2.38. The van der Waals surface area contributed by atoms with Gasteiger partial charge in [0.2, 0.25) is 0 Å². The molecular weight excluding hydrogens is 434 g/mol. The SMILES string of the molecule is N#CCSc1nc(N)c(/N=N/c2c(S(=O)(=O)O)ccc3c(S)cccc23)c(N)n1. The van der Waals surface area contributed by atoms with E-state index in [0.29, 0.717) is 15.7 Å². The maximum atomic E-state index is 11.8. The third-order valence-corrected chi connectivity index (χ3v) is 5.67. The van der Waals surface area contributed by atoms with Crippen LogP contribution in [-0.4, -0.2) is 28.7 Å². The Morgan fingerprint density at radius 1 is 1.10 bits per heavy atom. The highest BCUT2D eigenvalue weighted by molar-refractivity contribution is 7.99. The van der Waals surface area contributed by atoms with E-state index >= 15 is 0 Å². The number of nitrogen functional groups attached to an aromatic ring is 2. The fraction of sp³-hybridized carbons (Fsp3) is 0.0625. The van der Waals surface area contributed by atoms with Gasteiger partial charge in [0.1, 0.15) is 10.6 Å². The maximum absolute atomic E-state index is 11.8. The summed E-state index contributed by atoms with van der Waals surface area (Å²) in [4.78, 5) is 8.14. The predicted octanol–water partition coefficient (Wildman–Crippen LogP) is 3.36. The third-order valence-electron chi connectivity index (χ3n) is 3.68. The largest absolute Gasteiger partial charge is 0.382 e. The third kappa shape index (κ3) is 4.40. The van der Waals surface area contributed by atoms with Crippen molar-refractivity contribution < 1.29 is 13.0 Å². The van der Waals surface area contributed by atoms with Crippen LogP contribution in [0.2, 0.25) is 0 Å². The van der Waals surface area contributed by atoms with E-state index in [1.54, 1.807) is 18.2 Å². The van der Waals surface area contributed by atoms with E-state index in [1.807, 2.05) is 6.07 Å². The first-order valence-electron chi connectivity index (χ1n) is 7.79. The summed E-state index contributed by atoms with van der Waals surface area (Å²) in [5, 5.41) is 17.7. The second kappa shape index (κ2) is 8.21. The van der Waals surface area contributed by atoms with Gasteiger partial charge in [0.15, 0.2) is 22.5 Å². The molecule has 5 N–H and O–H groups in total. The normalized spacial score (nSPS) is 11.8. The molecule has 0 aliphatic rings. The lowest BCUT2D eigenvalue weighted by molar-refractivity contribution is 0.483. The molecule has 0 saturated heterocycles. The molecule has 3 aromatic rings. The Balaban J connectivity index is 2.16. The number of nitrogens with two attached hydrogens (primary N) is 2. The van der Waals surface area contributed by atoms with Gasteiger partial charge < -0.3 is 11.5 Å². The standard InChI is InChI=1S/C16H13N7O3S3/c17-6-7-28-16-20-14(18)13(15(19)21-16)23-22-12-9-2-1-3-10(27)8(9)4-5-11(12)29(24,25)26/h1-5,27H,7H2,(H,24,25,26)(H4,18,19,20,21)/b23-22+. The first kappa shape index (κ1) is 20.8. The molecule has 2 aromatic carbocycles. The van der Waals surface area contributed by atoms with Crippen LogP contribution < -0.4 is 11.5 Å². The average Bonchev–Trinajstić information content (AvgIpc) is 2.65. The summed E-state index contributed by atoms with van der Waals surface area (Å²) in [6.07, 6.45) is 0. The van der Waals surface area contributed by atoms with Gasteiger partial charge in [-0.2, -0.15) is 13.7 Å². The predicted molar refractivity (Wildman–Crippen MR) is 112 cm³/mol. The average molecular weight is 448 g/mol. The molecule has 0 saturated carbocycles. The number of hydrogen-bond donors (Lipinski definition) is 4. The molecular formula is C16H13N7O3S3. The highest BCUT2D eigenvalue weighted by atomic mass is 32.2. The van der Waals surface area contributed by atoms with Gasteiger partial charge in [-0.3, -0.25) is 4.55 Å². The van der Waals surface area contributed by atoms with Crippen LogP contribution in [0.3, 0.4) is 0 Å². The van der Waals surface area contributed by atoms with Crippen molar-refractivity contribution in [1.82, 2.24) is 9.97 Å².